The number of rotatable bonds is 4. The van der Waals surface area contributed by atoms with Gasteiger partial charge in [0, 0.05) is 19.3 Å². The Morgan fingerprint density at radius 2 is 2.00 bits per heavy atom. The van der Waals surface area contributed by atoms with Crippen molar-refractivity contribution in [3.05, 3.63) is 66.1 Å². The Balaban J connectivity index is 1.46. The first-order valence-corrected chi connectivity index (χ1v) is 10.7. The van der Waals surface area contributed by atoms with Gasteiger partial charge in [-0.3, -0.25) is 4.79 Å². The Kier molecular flexibility index (Phi) is 5.29. The van der Waals surface area contributed by atoms with Gasteiger partial charge < -0.3 is 14.9 Å². The van der Waals surface area contributed by atoms with Crippen molar-refractivity contribution in [1.82, 2.24) is 24.9 Å². The van der Waals surface area contributed by atoms with Crippen molar-refractivity contribution in [1.29, 1.82) is 5.26 Å². The van der Waals surface area contributed by atoms with E-state index in [9.17, 15) is 15.2 Å². The van der Waals surface area contributed by atoms with Crippen molar-refractivity contribution in [2.24, 2.45) is 5.92 Å². The van der Waals surface area contributed by atoms with Gasteiger partial charge in [-0.25, -0.2) is 4.98 Å². The zero-order chi connectivity index (χ0) is 22.1. The Bertz CT molecular complexity index is 1160. The van der Waals surface area contributed by atoms with Gasteiger partial charge in [0.15, 0.2) is 0 Å². The number of pyridine rings is 1. The lowest BCUT2D eigenvalue weighted by Gasteiger charge is -2.43. The van der Waals surface area contributed by atoms with Gasteiger partial charge in [0.1, 0.15) is 5.82 Å². The van der Waals surface area contributed by atoms with Crippen molar-refractivity contribution in [3.63, 3.8) is 0 Å². The standard InChI is InChI=1S/C23H23N7O2/c24-13-16-5-7-25-22(11-16)28-10-6-17-12-18(15-31)29(14-21(17)28)23(32)19-3-1-2-4-20(19)30-26-8-9-27-30/h1-5,7-9,11,17-18,21,31H,6,10,12,14-15H2/t17-,18-,21+/m1/s1. The third-order valence-electron chi connectivity index (χ3n) is 6.49. The van der Waals surface area contributed by atoms with Gasteiger partial charge >= 0.3 is 0 Å². The minimum atomic E-state index is -0.249. The number of piperidine rings is 1. The third kappa shape index (κ3) is 3.48. The third-order valence-corrected chi connectivity index (χ3v) is 6.49. The van der Waals surface area contributed by atoms with E-state index in [1.165, 1.54) is 4.80 Å². The highest BCUT2D eigenvalue weighted by Crippen LogP contribution is 2.37. The van der Waals surface area contributed by atoms with Crippen LogP contribution >= 0.6 is 0 Å². The first kappa shape index (κ1) is 20.2. The van der Waals surface area contributed by atoms with E-state index >= 15 is 0 Å². The number of benzene rings is 1. The fourth-order valence-corrected chi connectivity index (χ4v) is 4.94. The van der Waals surface area contributed by atoms with E-state index in [1.807, 2.05) is 18.2 Å². The van der Waals surface area contributed by atoms with Crippen LogP contribution in [0.25, 0.3) is 5.69 Å². The molecule has 4 heterocycles. The number of fused-ring (bicyclic) bond motifs is 1. The van der Waals surface area contributed by atoms with E-state index in [2.05, 4.69) is 26.2 Å². The molecule has 0 bridgehead atoms. The van der Waals surface area contributed by atoms with Gasteiger partial charge in [-0.1, -0.05) is 12.1 Å². The number of nitriles is 1. The number of aliphatic hydroxyl groups excluding tert-OH is 1. The summed E-state index contributed by atoms with van der Waals surface area (Å²) in [5, 5.41) is 27.7. The maximum absolute atomic E-state index is 13.7. The molecular formula is C23H23N7O2. The average molecular weight is 429 g/mol. The number of carbonyl (C=O) groups excluding carboxylic acids is 1. The zero-order valence-electron chi connectivity index (χ0n) is 17.4. The number of hydrogen-bond donors (Lipinski definition) is 1. The van der Waals surface area contributed by atoms with Crippen LogP contribution < -0.4 is 4.90 Å². The van der Waals surface area contributed by atoms with Gasteiger partial charge in [0.05, 0.1) is 54.0 Å². The van der Waals surface area contributed by atoms with Crippen LogP contribution in [0.1, 0.15) is 28.8 Å². The summed E-state index contributed by atoms with van der Waals surface area (Å²) >= 11 is 0. The molecule has 162 valence electrons. The molecule has 1 N–H and O–H groups in total. The largest absolute Gasteiger partial charge is 0.394 e. The number of hydrogen-bond acceptors (Lipinski definition) is 7. The maximum Gasteiger partial charge on any atom is 0.256 e. The number of amides is 1. The SMILES string of the molecule is N#Cc1ccnc(N2CC[C@@H]3C[C@H](CO)N(C(=O)c4ccccc4-n4nccn4)C[C@@H]32)c1. The molecule has 3 atom stereocenters. The Morgan fingerprint density at radius 3 is 2.78 bits per heavy atom. The molecule has 1 amide bonds. The minimum absolute atomic E-state index is 0.0817. The lowest BCUT2D eigenvalue weighted by molar-refractivity contribution is 0.0393. The molecule has 1 aromatic carbocycles. The van der Waals surface area contributed by atoms with Crippen LogP contribution in [0.5, 0.6) is 0 Å². The van der Waals surface area contributed by atoms with E-state index in [4.69, 9.17) is 0 Å². The molecule has 2 aliphatic rings. The minimum Gasteiger partial charge on any atom is -0.394 e. The molecule has 5 rings (SSSR count). The predicted molar refractivity (Wildman–Crippen MR) is 116 cm³/mol. The molecule has 2 fully saturated rings. The first-order valence-electron chi connectivity index (χ1n) is 10.7. The fourth-order valence-electron chi connectivity index (χ4n) is 4.94. The summed E-state index contributed by atoms with van der Waals surface area (Å²) in [4.78, 5) is 23.6. The molecule has 0 spiro atoms. The van der Waals surface area contributed by atoms with Crippen LogP contribution in [0.3, 0.4) is 0 Å². The van der Waals surface area contributed by atoms with Crippen LogP contribution in [0, 0.1) is 17.2 Å². The van der Waals surface area contributed by atoms with E-state index < -0.39 is 0 Å². The maximum atomic E-state index is 13.7. The number of aliphatic hydroxyl groups is 1. The van der Waals surface area contributed by atoms with Gasteiger partial charge in [0.25, 0.3) is 5.91 Å². The Morgan fingerprint density at radius 1 is 1.19 bits per heavy atom. The van der Waals surface area contributed by atoms with Crippen LogP contribution in [0.2, 0.25) is 0 Å². The van der Waals surface area contributed by atoms with Crippen LogP contribution in [-0.4, -0.2) is 67.7 Å². The molecule has 0 radical (unpaired) electrons. The second-order valence-electron chi connectivity index (χ2n) is 8.19. The predicted octanol–water partition coefficient (Wildman–Crippen LogP) is 1.64. The summed E-state index contributed by atoms with van der Waals surface area (Å²) in [6, 6.07) is 12.7. The molecule has 0 unspecified atom stereocenters. The van der Waals surface area contributed by atoms with E-state index in [-0.39, 0.29) is 24.6 Å². The fraction of sp³-hybridized carbons (Fsp3) is 0.348. The quantitative estimate of drug-likeness (QED) is 0.671. The Hall–Kier alpha value is -3.77. The molecule has 2 aliphatic heterocycles. The van der Waals surface area contributed by atoms with Crippen molar-refractivity contribution in [3.8, 4) is 11.8 Å². The molecule has 2 aromatic heterocycles. The van der Waals surface area contributed by atoms with Crippen molar-refractivity contribution >= 4 is 11.7 Å². The van der Waals surface area contributed by atoms with Crippen LogP contribution in [0.4, 0.5) is 5.82 Å². The second-order valence-corrected chi connectivity index (χ2v) is 8.19. The number of para-hydroxylation sites is 1. The second kappa shape index (κ2) is 8.40. The van der Waals surface area contributed by atoms with Crippen molar-refractivity contribution in [2.75, 3.05) is 24.6 Å². The molecular weight excluding hydrogens is 406 g/mol. The smallest absolute Gasteiger partial charge is 0.256 e. The van der Waals surface area contributed by atoms with Crippen LogP contribution in [-0.2, 0) is 0 Å². The van der Waals surface area contributed by atoms with E-state index in [1.54, 1.807) is 41.7 Å². The molecule has 3 aromatic rings. The van der Waals surface area contributed by atoms with Gasteiger partial charge in [0.2, 0.25) is 0 Å². The number of carbonyl (C=O) groups is 1. The molecule has 9 nitrogen and oxygen atoms in total. The Labute approximate surface area is 185 Å². The average Bonchev–Trinajstić information content (AvgIpc) is 3.53. The van der Waals surface area contributed by atoms with Crippen molar-refractivity contribution in [2.45, 2.75) is 24.9 Å². The summed E-state index contributed by atoms with van der Waals surface area (Å²) in [7, 11) is 0. The summed E-state index contributed by atoms with van der Waals surface area (Å²) in [5.74, 6) is 0.959. The van der Waals surface area contributed by atoms with Gasteiger partial charge in [-0.05, 0) is 43.0 Å². The summed E-state index contributed by atoms with van der Waals surface area (Å²) in [6.45, 7) is 1.21. The summed E-state index contributed by atoms with van der Waals surface area (Å²) in [5.41, 5.74) is 1.67. The van der Waals surface area contributed by atoms with Crippen LogP contribution in [0.15, 0.2) is 55.0 Å². The van der Waals surface area contributed by atoms with E-state index in [0.717, 1.165) is 25.2 Å². The summed E-state index contributed by atoms with van der Waals surface area (Å²) in [6.07, 6.45) is 6.49. The number of anilines is 1. The van der Waals surface area contributed by atoms with E-state index in [0.29, 0.717) is 29.3 Å². The normalized spacial score (nSPS) is 22.4. The molecule has 0 saturated carbocycles. The lowest BCUT2D eigenvalue weighted by atomic mass is 9.86. The van der Waals surface area contributed by atoms with Gasteiger partial charge in [-0.15, -0.1) is 0 Å². The highest BCUT2D eigenvalue weighted by molar-refractivity contribution is 5.98. The van der Waals surface area contributed by atoms with Crippen molar-refractivity contribution < 1.29 is 9.90 Å². The highest BCUT2D eigenvalue weighted by Gasteiger charge is 2.44. The molecule has 2 saturated heterocycles. The van der Waals surface area contributed by atoms with Gasteiger partial charge in [-0.2, -0.15) is 20.3 Å². The lowest BCUT2D eigenvalue weighted by Crippen LogP contribution is -2.56. The number of nitrogens with zero attached hydrogens (tertiary/aromatic N) is 7. The number of aromatic nitrogens is 4. The molecule has 9 heteroatoms. The highest BCUT2D eigenvalue weighted by atomic mass is 16.3. The molecule has 32 heavy (non-hydrogen) atoms. The first-order chi connectivity index (χ1) is 15.7. The monoisotopic (exact) mass is 429 g/mol. The summed E-state index contributed by atoms with van der Waals surface area (Å²) < 4.78 is 0. The zero-order valence-corrected chi connectivity index (χ0v) is 17.4. The molecule has 0 aliphatic carbocycles. The topological polar surface area (TPSA) is 111 Å². The number of likely N-dealkylation sites (tertiary alicyclic amines) is 1.